The van der Waals surface area contributed by atoms with Crippen molar-refractivity contribution in [1.82, 2.24) is 5.32 Å². The molecule has 20 heavy (non-hydrogen) atoms. The summed E-state index contributed by atoms with van der Waals surface area (Å²) < 4.78 is 0. The van der Waals surface area contributed by atoms with Crippen LogP contribution in [0.1, 0.15) is 18.5 Å². The van der Waals surface area contributed by atoms with Gasteiger partial charge in [-0.3, -0.25) is 0 Å². The third-order valence-electron chi connectivity index (χ3n) is 3.28. The Morgan fingerprint density at radius 1 is 1.30 bits per heavy atom. The SMILES string of the molecule is C#CCSCCNC(C)c1ccc2ccccc2c1O. The first-order valence-corrected chi connectivity index (χ1v) is 7.84. The average Bonchev–Trinajstić information content (AvgIpc) is 2.47. The van der Waals surface area contributed by atoms with Crippen molar-refractivity contribution in [3.05, 3.63) is 42.0 Å². The van der Waals surface area contributed by atoms with Crippen LogP contribution in [0.4, 0.5) is 0 Å². The number of aromatic hydroxyl groups is 1. The Hall–Kier alpha value is -1.63. The van der Waals surface area contributed by atoms with Crippen molar-refractivity contribution in [3.8, 4) is 18.1 Å². The zero-order chi connectivity index (χ0) is 14.4. The van der Waals surface area contributed by atoms with E-state index in [2.05, 4.69) is 24.2 Å². The maximum Gasteiger partial charge on any atom is 0.128 e. The summed E-state index contributed by atoms with van der Waals surface area (Å²) in [5.41, 5.74) is 0.936. The third-order valence-corrected chi connectivity index (χ3v) is 4.14. The number of thioether (sulfide) groups is 1. The number of hydrogen-bond donors (Lipinski definition) is 2. The standard InChI is InChI=1S/C17H19NOS/c1-3-11-20-12-10-18-13(2)15-9-8-14-6-4-5-7-16(14)17(15)19/h1,4-9,13,18-19H,10-12H2,2H3. The van der Waals surface area contributed by atoms with E-state index < -0.39 is 0 Å². The summed E-state index contributed by atoms with van der Waals surface area (Å²) in [7, 11) is 0. The molecule has 2 N–H and O–H groups in total. The average molecular weight is 285 g/mol. The zero-order valence-corrected chi connectivity index (χ0v) is 12.4. The van der Waals surface area contributed by atoms with Crippen molar-refractivity contribution in [3.63, 3.8) is 0 Å². The Morgan fingerprint density at radius 3 is 2.90 bits per heavy atom. The van der Waals surface area contributed by atoms with Gasteiger partial charge in [-0.25, -0.2) is 0 Å². The number of fused-ring (bicyclic) bond motifs is 1. The van der Waals surface area contributed by atoms with Crippen LogP contribution in [0.15, 0.2) is 36.4 Å². The van der Waals surface area contributed by atoms with Crippen molar-refractivity contribution in [2.24, 2.45) is 0 Å². The van der Waals surface area contributed by atoms with Gasteiger partial charge >= 0.3 is 0 Å². The van der Waals surface area contributed by atoms with E-state index in [1.165, 1.54) is 0 Å². The van der Waals surface area contributed by atoms with Gasteiger partial charge in [-0.15, -0.1) is 18.2 Å². The summed E-state index contributed by atoms with van der Waals surface area (Å²) in [6, 6.07) is 12.0. The van der Waals surface area contributed by atoms with Gasteiger partial charge in [-0.1, -0.05) is 42.3 Å². The topological polar surface area (TPSA) is 32.3 Å². The molecular formula is C17H19NOS. The maximum absolute atomic E-state index is 10.4. The molecule has 1 unspecified atom stereocenters. The van der Waals surface area contributed by atoms with Crippen LogP contribution in [0.25, 0.3) is 10.8 Å². The first kappa shape index (κ1) is 14.8. The lowest BCUT2D eigenvalue weighted by Crippen LogP contribution is -2.21. The lowest BCUT2D eigenvalue weighted by Gasteiger charge is -2.16. The van der Waals surface area contributed by atoms with E-state index in [1.54, 1.807) is 11.8 Å². The second-order valence-corrected chi connectivity index (χ2v) is 5.76. The van der Waals surface area contributed by atoms with Crippen molar-refractivity contribution < 1.29 is 5.11 Å². The summed E-state index contributed by atoms with van der Waals surface area (Å²) in [4.78, 5) is 0. The molecule has 104 valence electrons. The maximum atomic E-state index is 10.4. The Balaban J connectivity index is 2.05. The lowest BCUT2D eigenvalue weighted by molar-refractivity contribution is 0.461. The molecule has 0 saturated carbocycles. The molecule has 0 radical (unpaired) electrons. The molecule has 0 bridgehead atoms. The quantitative estimate of drug-likeness (QED) is 0.629. The molecule has 0 heterocycles. The number of benzene rings is 2. The van der Waals surface area contributed by atoms with Crippen LogP contribution in [0.5, 0.6) is 5.75 Å². The minimum Gasteiger partial charge on any atom is -0.507 e. The van der Waals surface area contributed by atoms with Crippen molar-refractivity contribution in [2.75, 3.05) is 18.1 Å². The van der Waals surface area contributed by atoms with Gasteiger partial charge in [0.2, 0.25) is 0 Å². The Kier molecular flexibility index (Phi) is 5.34. The highest BCUT2D eigenvalue weighted by Gasteiger charge is 2.12. The fourth-order valence-corrected chi connectivity index (χ4v) is 2.73. The number of nitrogens with one attached hydrogen (secondary N) is 1. The Bertz CT molecular complexity index is 618. The van der Waals surface area contributed by atoms with Crippen molar-refractivity contribution >= 4 is 22.5 Å². The third kappa shape index (κ3) is 3.47. The zero-order valence-electron chi connectivity index (χ0n) is 11.6. The predicted octanol–water partition coefficient (Wildman–Crippen LogP) is 3.56. The molecule has 0 fully saturated rings. The predicted molar refractivity (Wildman–Crippen MR) is 88.2 cm³/mol. The number of rotatable bonds is 6. The number of phenols is 1. The summed E-state index contributed by atoms with van der Waals surface area (Å²) in [6.45, 7) is 2.94. The highest BCUT2D eigenvalue weighted by Crippen LogP contribution is 2.32. The second kappa shape index (κ2) is 7.23. The fraction of sp³-hybridized carbons (Fsp3) is 0.294. The summed E-state index contributed by atoms with van der Waals surface area (Å²) in [5.74, 6) is 4.71. The molecule has 3 heteroatoms. The molecule has 2 nitrogen and oxygen atoms in total. The van der Waals surface area contributed by atoms with Crippen LogP contribution < -0.4 is 5.32 Å². The van der Waals surface area contributed by atoms with Gasteiger partial charge in [0.15, 0.2) is 0 Å². The van der Waals surface area contributed by atoms with Crippen LogP contribution >= 0.6 is 11.8 Å². The van der Waals surface area contributed by atoms with E-state index in [1.807, 2.05) is 30.3 Å². The van der Waals surface area contributed by atoms with Crippen LogP contribution in [0.2, 0.25) is 0 Å². The minimum absolute atomic E-state index is 0.117. The second-order valence-electron chi connectivity index (χ2n) is 4.66. The highest BCUT2D eigenvalue weighted by molar-refractivity contribution is 7.99. The van der Waals surface area contributed by atoms with E-state index in [9.17, 15) is 5.11 Å². The number of terminal acetylenes is 1. The van der Waals surface area contributed by atoms with Crippen molar-refractivity contribution in [1.29, 1.82) is 0 Å². The Labute approximate surface area is 124 Å². The van der Waals surface area contributed by atoms with Gasteiger partial charge < -0.3 is 10.4 Å². The van der Waals surface area contributed by atoms with Crippen LogP contribution in [-0.2, 0) is 0 Å². The first-order chi connectivity index (χ1) is 9.74. The molecule has 2 aromatic carbocycles. The number of phenolic OH excluding ortho intramolecular Hbond substituents is 1. The Morgan fingerprint density at radius 2 is 2.10 bits per heavy atom. The van der Waals surface area contributed by atoms with Gasteiger partial charge in [-0.2, -0.15) is 0 Å². The normalized spacial score (nSPS) is 12.2. The summed E-state index contributed by atoms with van der Waals surface area (Å²) >= 11 is 1.74. The van der Waals surface area contributed by atoms with E-state index in [0.717, 1.165) is 34.4 Å². The monoisotopic (exact) mass is 285 g/mol. The van der Waals surface area contributed by atoms with E-state index in [-0.39, 0.29) is 6.04 Å². The first-order valence-electron chi connectivity index (χ1n) is 6.69. The van der Waals surface area contributed by atoms with Gasteiger partial charge in [-0.05, 0) is 12.3 Å². The molecule has 0 saturated heterocycles. The van der Waals surface area contributed by atoms with E-state index >= 15 is 0 Å². The van der Waals surface area contributed by atoms with Gasteiger partial charge in [0.05, 0.1) is 5.75 Å². The molecule has 2 rings (SSSR count). The largest absolute Gasteiger partial charge is 0.507 e. The summed E-state index contributed by atoms with van der Waals surface area (Å²) in [6.07, 6.45) is 5.21. The fourth-order valence-electron chi connectivity index (χ4n) is 2.21. The molecule has 1 atom stereocenters. The molecule has 0 aliphatic rings. The molecule has 0 amide bonds. The van der Waals surface area contributed by atoms with Crippen LogP contribution in [0.3, 0.4) is 0 Å². The molecule has 0 aliphatic heterocycles. The molecule has 0 aromatic heterocycles. The van der Waals surface area contributed by atoms with E-state index in [0.29, 0.717) is 5.75 Å². The van der Waals surface area contributed by atoms with Crippen LogP contribution in [0, 0.1) is 12.3 Å². The van der Waals surface area contributed by atoms with Gasteiger partial charge in [0.25, 0.3) is 0 Å². The summed E-state index contributed by atoms with van der Waals surface area (Å²) in [5, 5.41) is 15.8. The molecule has 0 spiro atoms. The smallest absolute Gasteiger partial charge is 0.128 e. The van der Waals surface area contributed by atoms with Crippen molar-refractivity contribution in [2.45, 2.75) is 13.0 Å². The molecule has 0 aliphatic carbocycles. The number of hydrogen-bond acceptors (Lipinski definition) is 3. The van der Waals surface area contributed by atoms with Gasteiger partial charge in [0, 0.05) is 29.3 Å². The molecule has 2 aromatic rings. The highest BCUT2D eigenvalue weighted by atomic mass is 32.2. The van der Waals surface area contributed by atoms with Gasteiger partial charge in [0.1, 0.15) is 5.75 Å². The lowest BCUT2D eigenvalue weighted by atomic mass is 10.0. The van der Waals surface area contributed by atoms with E-state index in [4.69, 9.17) is 6.42 Å². The van der Waals surface area contributed by atoms with Crippen LogP contribution in [-0.4, -0.2) is 23.2 Å². The molecular weight excluding hydrogens is 266 g/mol. The minimum atomic E-state index is 0.117.